The van der Waals surface area contributed by atoms with Crippen molar-refractivity contribution in [1.29, 1.82) is 0 Å². The van der Waals surface area contributed by atoms with Gasteiger partial charge in [-0.1, -0.05) is 28.5 Å². The van der Waals surface area contributed by atoms with E-state index in [0.717, 1.165) is 42.8 Å². The lowest BCUT2D eigenvalue weighted by Gasteiger charge is -2.37. The third-order valence-corrected chi connectivity index (χ3v) is 5.85. The first-order valence-corrected chi connectivity index (χ1v) is 9.94. The van der Waals surface area contributed by atoms with Crippen LogP contribution in [0.25, 0.3) is 5.31 Å². The maximum absolute atomic E-state index is 12.6. The molecule has 4 heterocycles. The van der Waals surface area contributed by atoms with Crippen LogP contribution in [0, 0.1) is 0 Å². The van der Waals surface area contributed by atoms with E-state index >= 15 is 0 Å². The molecule has 134 valence electrons. The lowest BCUT2D eigenvalue weighted by Crippen LogP contribution is -2.44. The second-order valence-corrected chi connectivity index (χ2v) is 7.36. The van der Waals surface area contributed by atoms with E-state index in [1.807, 2.05) is 44.4 Å². The first-order valence-electron chi connectivity index (χ1n) is 8.86. The van der Waals surface area contributed by atoms with Crippen LogP contribution in [0.2, 0.25) is 0 Å². The minimum absolute atomic E-state index is 0.0598. The van der Waals surface area contributed by atoms with Crippen LogP contribution < -0.4 is 5.32 Å². The average Bonchev–Trinajstić information content (AvgIpc) is 3.10. The second-order valence-electron chi connectivity index (χ2n) is 5.95. The van der Waals surface area contributed by atoms with E-state index in [1.54, 1.807) is 10.8 Å². The zero-order valence-corrected chi connectivity index (χ0v) is 16.1. The number of hydrogen-bond acceptors (Lipinski definition) is 4. The number of amides is 1. The zero-order valence-electron chi connectivity index (χ0n) is 15.1. The van der Waals surface area contributed by atoms with E-state index in [1.165, 1.54) is 0 Å². The minimum atomic E-state index is 0.0598. The van der Waals surface area contributed by atoms with E-state index in [9.17, 15) is 4.79 Å². The molecule has 3 aliphatic heterocycles. The Bertz CT molecular complexity index is 715. The molecular weight excluding hydrogens is 333 g/mol. The highest BCUT2D eigenvalue weighted by Crippen LogP contribution is 2.44. The van der Waals surface area contributed by atoms with Gasteiger partial charge in [0.2, 0.25) is 0 Å². The lowest BCUT2D eigenvalue weighted by molar-refractivity contribution is -0.123. The van der Waals surface area contributed by atoms with Crippen molar-refractivity contribution < 1.29 is 4.79 Å². The zero-order chi connectivity index (χ0) is 17.8. The number of nitrogens with one attached hydrogen (secondary N) is 1. The number of nitrogens with zero attached hydrogens (tertiary/aromatic N) is 4. The summed E-state index contributed by atoms with van der Waals surface area (Å²) in [6, 6.07) is 0. The molecule has 1 aromatic rings. The quantitative estimate of drug-likeness (QED) is 0.820. The Morgan fingerprint density at radius 3 is 2.72 bits per heavy atom. The van der Waals surface area contributed by atoms with Crippen LogP contribution in [0.5, 0.6) is 0 Å². The van der Waals surface area contributed by atoms with Gasteiger partial charge in [-0.05, 0) is 11.4 Å². The third kappa shape index (κ3) is 3.86. The molecule has 7 heteroatoms. The first-order chi connectivity index (χ1) is 12.2. The average molecular weight is 359 g/mol. The monoisotopic (exact) mass is 359 g/mol. The van der Waals surface area contributed by atoms with Crippen molar-refractivity contribution in [2.24, 2.45) is 7.05 Å². The fraction of sp³-hybridized carbons (Fsp3) is 0.444. The molecule has 25 heavy (non-hydrogen) atoms. The highest BCUT2D eigenvalue weighted by molar-refractivity contribution is 7.51. The van der Waals surface area contributed by atoms with Crippen molar-refractivity contribution in [1.82, 2.24) is 24.9 Å². The van der Waals surface area contributed by atoms with Crippen molar-refractivity contribution >= 4 is 19.8 Å². The topological polar surface area (TPSA) is 53.4 Å². The van der Waals surface area contributed by atoms with Crippen LogP contribution in [0.1, 0.15) is 19.4 Å². The summed E-state index contributed by atoms with van der Waals surface area (Å²) in [5, 5.41) is 8.65. The smallest absolute Gasteiger partial charge is 0.252 e. The van der Waals surface area contributed by atoms with Gasteiger partial charge in [-0.2, -0.15) is 5.10 Å². The lowest BCUT2D eigenvalue weighted by atomic mass is 10.2. The molecule has 4 rings (SSSR count). The number of carbonyl (C=O) groups excluding carboxylic acids is 1. The predicted molar refractivity (Wildman–Crippen MR) is 103 cm³/mol. The number of rotatable bonds is 2. The molecule has 6 nitrogen and oxygen atoms in total. The van der Waals surface area contributed by atoms with E-state index in [4.69, 9.17) is 0 Å². The van der Waals surface area contributed by atoms with Gasteiger partial charge in [0.1, 0.15) is 0 Å². The molecule has 1 N–H and O–H groups in total. The highest BCUT2D eigenvalue weighted by atomic mass is 31.1. The van der Waals surface area contributed by atoms with Crippen molar-refractivity contribution in [2.75, 3.05) is 26.2 Å². The largest absolute Gasteiger partial charge is 0.368 e. The second kappa shape index (κ2) is 7.98. The Morgan fingerprint density at radius 2 is 2.04 bits per heavy atom. The molecule has 0 radical (unpaired) electrons. The summed E-state index contributed by atoms with van der Waals surface area (Å²) in [6.45, 7) is 7.97. The van der Waals surface area contributed by atoms with Crippen LogP contribution >= 0.6 is 8.58 Å². The van der Waals surface area contributed by atoms with E-state index in [2.05, 4.69) is 27.5 Å². The standard InChI is InChI=1S/C16H20N5OP.C2H6/c1-19-10-12(9-18-19)14-8-15(22)21-11-13(2-3-16(21)23-14)20-6-4-17-5-7-20;1-2/h2-3,8-11,16-17,23H,4-7H2,1H3;1-2H3. The minimum Gasteiger partial charge on any atom is -0.368 e. The molecule has 1 aromatic heterocycles. The number of piperazine rings is 1. The number of aryl methyl sites for hydroxylation is 1. The molecule has 1 amide bonds. The van der Waals surface area contributed by atoms with Gasteiger partial charge in [0.05, 0.1) is 17.7 Å². The van der Waals surface area contributed by atoms with Gasteiger partial charge < -0.3 is 15.1 Å². The first kappa shape index (κ1) is 17.9. The Morgan fingerprint density at radius 1 is 1.28 bits per heavy atom. The Kier molecular flexibility index (Phi) is 5.71. The van der Waals surface area contributed by atoms with Crippen LogP contribution in [0.3, 0.4) is 0 Å². The van der Waals surface area contributed by atoms with Gasteiger partial charge in [0.15, 0.2) is 0 Å². The number of hydrogen-bond donors (Lipinski definition) is 1. The van der Waals surface area contributed by atoms with Crippen molar-refractivity contribution in [3.05, 3.63) is 48.1 Å². The maximum Gasteiger partial charge on any atom is 0.252 e. The van der Waals surface area contributed by atoms with Crippen LogP contribution in [0.15, 0.2) is 42.5 Å². The normalized spacial score (nSPS) is 23.6. The molecule has 0 saturated carbocycles. The van der Waals surface area contributed by atoms with E-state index < -0.39 is 0 Å². The summed E-state index contributed by atoms with van der Waals surface area (Å²) >= 11 is 0. The SMILES string of the molecule is CC.Cn1cc(C2=CC(=O)N3C=C(N4CCNCC4)C=CC3P2)cn1. The maximum atomic E-state index is 12.6. The van der Waals surface area contributed by atoms with E-state index in [-0.39, 0.29) is 11.7 Å². The third-order valence-electron chi connectivity index (χ3n) is 4.34. The Hall–Kier alpha value is -1.91. The Balaban J connectivity index is 0.000000880. The summed E-state index contributed by atoms with van der Waals surface area (Å²) in [4.78, 5) is 16.8. The van der Waals surface area contributed by atoms with E-state index in [0.29, 0.717) is 8.58 Å². The fourth-order valence-corrected chi connectivity index (χ4v) is 4.46. The summed E-state index contributed by atoms with van der Waals surface area (Å²) in [7, 11) is 2.44. The van der Waals surface area contributed by atoms with Crippen LogP contribution in [-0.2, 0) is 11.8 Å². The summed E-state index contributed by atoms with van der Waals surface area (Å²) in [6.07, 6.45) is 11.9. The van der Waals surface area contributed by atoms with Gasteiger partial charge in [0, 0.05) is 57.3 Å². The van der Waals surface area contributed by atoms with Crippen LogP contribution in [-0.4, -0.2) is 57.4 Å². The molecule has 2 unspecified atom stereocenters. The summed E-state index contributed by atoms with van der Waals surface area (Å²) in [5.41, 5.74) is 2.18. The molecule has 0 bridgehead atoms. The molecule has 0 spiro atoms. The molecule has 1 fully saturated rings. The van der Waals surface area contributed by atoms with Crippen molar-refractivity contribution in [3.8, 4) is 0 Å². The van der Waals surface area contributed by atoms with Gasteiger partial charge in [0.25, 0.3) is 5.91 Å². The highest BCUT2D eigenvalue weighted by Gasteiger charge is 2.29. The van der Waals surface area contributed by atoms with Crippen molar-refractivity contribution in [2.45, 2.75) is 19.6 Å². The molecule has 0 aliphatic carbocycles. The number of aromatic nitrogens is 2. The molecule has 1 saturated heterocycles. The number of fused-ring (bicyclic) bond motifs is 1. The summed E-state index contributed by atoms with van der Waals surface area (Å²) in [5.74, 6) is 0.193. The van der Waals surface area contributed by atoms with Gasteiger partial charge >= 0.3 is 0 Å². The van der Waals surface area contributed by atoms with Gasteiger partial charge in [-0.15, -0.1) is 0 Å². The number of carbonyl (C=O) groups is 1. The number of allylic oxidation sites excluding steroid dienone is 1. The Labute approximate surface area is 151 Å². The molecular formula is C18H26N5OP. The predicted octanol–water partition coefficient (Wildman–Crippen LogP) is 1.95. The van der Waals surface area contributed by atoms with Gasteiger partial charge in [-0.25, -0.2) is 0 Å². The van der Waals surface area contributed by atoms with Crippen LogP contribution in [0.4, 0.5) is 0 Å². The fourth-order valence-electron chi connectivity index (χ4n) is 3.10. The summed E-state index contributed by atoms with van der Waals surface area (Å²) < 4.78 is 1.77. The molecule has 0 aromatic carbocycles. The van der Waals surface area contributed by atoms with Crippen molar-refractivity contribution in [3.63, 3.8) is 0 Å². The molecule has 2 atom stereocenters. The van der Waals surface area contributed by atoms with Gasteiger partial charge in [-0.3, -0.25) is 9.48 Å². The molecule has 3 aliphatic rings.